The van der Waals surface area contributed by atoms with Crippen LogP contribution >= 0.6 is 12.4 Å². The molecule has 1 aliphatic heterocycles. The number of amides is 1. The van der Waals surface area contributed by atoms with Gasteiger partial charge in [-0.3, -0.25) is 9.69 Å². The van der Waals surface area contributed by atoms with Crippen molar-refractivity contribution in [3.05, 3.63) is 42.4 Å². The Kier molecular flexibility index (Phi) is 7.41. The number of hydrogen-bond acceptors (Lipinski definition) is 5. The van der Waals surface area contributed by atoms with Gasteiger partial charge in [-0.1, -0.05) is 43.7 Å². The van der Waals surface area contributed by atoms with Crippen molar-refractivity contribution in [2.24, 2.45) is 5.73 Å². The second-order valence-corrected chi connectivity index (χ2v) is 7.22. The third-order valence-corrected chi connectivity index (χ3v) is 4.89. The number of oxazole rings is 1. The number of carbonyl (C=O) groups is 1. The summed E-state index contributed by atoms with van der Waals surface area (Å²) in [5.41, 5.74) is 6.46. The molecule has 1 saturated heterocycles. The first kappa shape index (κ1) is 21.4. The van der Waals surface area contributed by atoms with E-state index in [9.17, 15) is 4.79 Å². The first-order chi connectivity index (χ1) is 12.5. The molecule has 27 heavy (non-hydrogen) atoms. The number of piperazine rings is 1. The van der Waals surface area contributed by atoms with Crippen molar-refractivity contribution in [3.8, 4) is 11.3 Å². The van der Waals surface area contributed by atoms with Crippen LogP contribution in [0.3, 0.4) is 0 Å². The van der Waals surface area contributed by atoms with Crippen LogP contribution in [0.4, 0.5) is 0 Å². The van der Waals surface area contributed by atoms with Gasteiger partial charge in [0.1, 0.15) is 0 Å². The Balaban J connectivity index is 0.00000261. The van der Waals surface area contributed by atoms with Gasteiger partial charge >= 0.3 is 0 Å². The highest BCUT2D eigenvalue weighted by atomic mass is 35.5. The van der Waals surface area contributed by atoms with Crippen LogP contribution in [0.1, 0.15) is 32.6 Å². The Morgan fingerprint density at radius 1 is 1.22 bits per heavy atom. The van der Waals surface area contributed by atoms with Gasteiger partial charge in [-0.25, -0.2) is 4.98 Å². The first-order valence-electron chi connectivity index (χ1n) is 9.30. The van der Waals surface area contributed by atoms with Crippen molar-refractivity contribution >= 4 is 18.3 Å². The van der Waals surface area contributed by atoms with Gasteiger partial charge in [-0.2, -0.15) is 0 Å². The largest absolute Gasteiger partial charge is 0.439 e. The minimum absolute atomic E-state index is 0. The van der Waals surface area contributed by atoms with Crippen LogP contribution in [0.15, 0.2) is 40.9 Å². The Labute approximate surface area is 167 Å². The third-order valence-electron chi connectivity index (χ3n) is 4.89. The number of carbonyl (C=O) groups excluding carboxylic acids is 1. The molecule has 0 saturated carbocycles. The van der Waals surface area contributed by atoms with Gasteiger partial charge in [0, 0.05) is 31.7 Å². The molecule has 1 fully saturated rings. The molecule has 148 valence electrons. The van der Waals surface area contributed by atoms with Gasteiger partial charge in [0.2, 0.25) is 11.8 Å². The average molecular weight is 393 g/mol. The predicted octanol–water partition coefficient (Wildman–Crippen LogP) is 2.93. The van der Waals surface area contributed by atoms with E-state index < -0.39 is 5.54 Å². The summed E-state index contributed by atoms with van der Waals surface area (Å²) in [6.45, 7) is 7.54. The third kappa shape index (κ3) is 5.31. The lowest BCUT2D eigenvalue weighted by atomic mass is 9.95. The van der Waals surface area contributed by atoms with E-state index in [0.29, 0.717) is 31.9 Å². The minimum atomic E-state index is -0.760. The monoisotopic (exact) mass is 392 g/mol. The molecule has 1 amide bonds. The SMILES string of the molecule is CCCC(C)(N)C(=O)N1CCN(Cc2ncc(-c3ccccc3)o2)CC1.Cl. The summed E-state index contributed by atoms with van der Waals surface area (Å²) >= 11 is 0. The van der Waals surface area contributed by atoms with Crippen molar-refractivity contribution in [1.29, 1.82) is 0 Å². The van der Waals surface area contributed by atoms with Gasteiger partial charge in [0.25, 0.3) is 0 Å². The molecule has 1 aromatic carbocycles. The molecular weight excluding hydrogens is 364 g/mol. The summed E-state index contributed by atoms with van der Waals surface area (Å²) in [4.78, 5) is 21.1. The molecule has 7 heteroatoms. The highest BCUT2D eigenvalue weighted by molar-refractivity contribution is 5.86. The molecule has 1 aromatic heterocycles. The lowest BCUT2D eigenvalue weighted by Gasteiger charge is -2.38. The Hall–Kier alpha value is -1.89. The van der Waals surface area contributed by atoms with Gasteiger partial charge in [-0.15, -0.1) is 12.4 Å². The van der Waals surface area contributed by atoms with E-state index in [1.165, 1.54) is 0 Å². The zero-order valence-electron chi connectivity index (χ0n) is 16.1. The number of halogens is 1. The lowest BCUT2D eigenvalue weighted by molar-refractivity contribution is -0.138. The molecule has 1 aliphatic rings. The maximum atomic E-state index is 12.6. The normalized spacial score (nSPS) is 17.2. The Morgan fingerprint density at radius 3 is 2.52 bits per heavy atom. The van der Waals surface area contributed by atoms with Crippen molar-refractivity contribution in [2.75, 3.05) is 26.2 Å². The molecule has 0 spiro atoms. The predicted molar refractivity (Wildman–Crippen MR) is 109 cm³/mol. The summed E-state index contributed by atoms with van der Waals surface area (Å²) in [5, 5.41) is 0. The quantitative estimate of drug-likeness (QED) is 0.817. The molecule has 2 heterocycles. The van der Waals surface area contributed by atoms with Crippen molar-refractivity contribution < 1.29 is 9.21 Å². The van der Waals surface area contributed by atoms with E-state index in [-0.39, 0.29) is 18.3 Å². The number of benzene rings is 1. The summed E-state index contributed by atoms with van der Waals surface area (Å²) in [7, 11) is 0. The van der Waals surface area contributed by atoms with E-state index in [2.05, 4.69) is 16.8 Å². The molecule has 0 bridgehead atoms. The van der Waals surface area contributed by atoms with Crippen molar-refractivity contribution in [2.45, 2.75) is 38.8 Å². The fraction of sp³-hybridized carbons (Fsp3) is 0.500. The van der Waals surface area contributed by atoms with Crippen molar-refractivity contribution in [1.82, 2.24) is 14.8 Å². The lowest BCUT2D eigenvalue weighted by Crippen LogP contribution is -2.58. The van der Waals surface area contributed by atoms with Crippen LogP contribution < -0.4 is 5.73 Å². The molecule has 1 unspecified atom stereocenters. The van der Waals surface area contributed by atoms with Crippen LogP contribution in [0.25, 0.3) is 11.3 Å². The van der Waals surface area contributed by atoms with Crippen LogP contribution in [-0.4, -0.2) is 52.4 Å². The Bertz CT molecular complexity index is 725. The number of rotatable bonds is 6. The van der Waals surface area contributed by atoms with Gasteiger partial charge in [0.15, 0.2) is 5.76 Å². The number of aromatic nitrogens is 1. The number of hydrogen-bond donors (Lipinski definition) is 1. The second kappa shape index (κ2) is 9.35. The summed E-state index contributed by atoms with van der Waals surface area (Å²) in [6.07, 6.45) is 3.40. The molecule has 0 radical (unpaired) electrons. The van der Waals surface area contributed by atoms with Crippen LogP contribution in [0.5, 0.6) is 0 Å². The maximum absolute atomic E-state index is 12.6. The summed E-state index contributed by atoms with van der Waals surface area (Å²) in [5.74, 6) is 1.55. The van der Waals surface area contributed by atoms with Crippen LogP contribution in [0, 0.1) is 0 Å². The van der Waals surface area contributed by atoms with E-state index in [4.69, 9.17) is 10.2 Å². The van der Waals surface area contributed by atoms with Gasteiger partial charge in [-0.05, 0) is 13.3 Å². The fourth-order valence-corrected chi connectivity index (χ4v) is 3.41. The van der Waals surface area contributed by atoms with Crippen LogP contribution in [-0.2, 0) is 11.3 Å². The molecule has 2 N–H and O–H groups in total. The molecule has 2 aromatic rings. The van der Waals surface area contributed by atoms with E-state index in [0.717, 1.165) is 30.8 Å². The smallest absolute Gasteiger partial charge is 0.242 e. The van der Waals surface area contributed by atoms with Crippen LogP contribution in [0.2, 0.25) is 0 Å². The van der Waals surface area contributed by atoms with E-state index in [1.54, 1.807) is 6.20 Å². The van der Waals surface area contributed by atoms with Gasteiger partial charge in [0.05, 0.1) is 18.3 Å². The number of nitrogens with zero attached hydrogens (tertiary/aromatic N) is 3. The van der Waals surface area contributed by atoms with E-state index in [1.807, 2.05) is 42.2 Å². The highest BCUT2D eigenvalue weighted by Crippen LogP contribution is 2.21. The molecule has 6 nitrogen and oxygen atoms in total. The Morgan fingerprint density at radius 2 is 1.89 bits per heavy atom. The zero-order chi connectivity index (χ0) is 18.6. The molecular formula is C20H29ClN4O2. The van der Waals surface area contributed by atoms with Crippen molar-refractivity contribution in [3.63, 3.8) is 0 Å². The average Bonchev–Trinajstić information content (AvgIpc) is 3.11. The zero-order valence-corrected chi connectivity index (χ0v) is 16.9. The topological polar surface area (TPSA) is 75.6 Å². The fourth-order valence-electron chi connectivity index (χ4n) is 3.41. The standard InChI is InChI=1S/C20H28N4O2.ClH/c1-3-9-20(2,21)19(25)24-12-10-23(11-13-24)15-18-22-14-17(26-18)16-7-5-4-6-8-16;/h4-8,14H,3,9-13,15,21H2,1-2H3;1H. The summed E-state index contributed by atoms with van der Waals surface area (Å²) in [6, 6.07) is 9.97. The summed E-state index contributed by atoms with van der Waals surface area (Å²) < 4.78 is 5.88. The maximum Gasteiger partial charge on any atom is 0.242 e. The highest BCUT2D eigenvalue weighted by Gasteiger charge is 2.33. The molecule has 3 rings (SSSR count). The van der Waals surface area contributed by atoms with E-state index >= 15 is 0 Å². The van der Waals surface area contributed by atoms with Gasteiger partial charge < -0.3 is 15.1 Å². The number of nitrogens with two attached hydrogens (primary N) is 1. The molecule has 0 aliphatic carbocycles. The minimum Gasteiger partial charge on any atom is -0.439 e. The molecule has 1 atom stereocenters. The second-order valence-electron chi connectivity index (χ2n) is 7.22. The first-order valence-corrected chi connectivity index (χ1v) is 9.30.